The Morgan fingerprint density at radius 3 is 2.76 bits per heavy atom. The minimum absolute atomic E-state index is 0.0439. The fourth-order valence-corrected chi connectivity index (χ4v) is 2.63. The average molecular weight is 311 g/mol. The third-order valence-electron chi connectivity index (χ3n) is 3.37. The zero-order valence-electron chi connectivity index (χ0n) is 12.1. The van der Waals surface area contributed by atoms with Crippen LogP contribution in [0, 0.1) is 6.92 Å². The van der Waals surface area contributed by atoms with Crippen LogP contribution in [-0.4, -0.2) is 53.1 Å². The highest BCUT2D eigenvalue weighted by Gasteiger charge is 2.14. The van der Waals surface area contributed by atoms with Crippen molar-refractivity contribution in [2.24, 2.45) is 0 Å². The highest BCUT2D eigenvalue weighted by molar-refractivity contribution is 7.79. The molecule has 0 saturated carbocycles. The van der Waals surface area contributed by atoms with E-state index in [0.717, 1.165) is 37.4 Å². The molecule has 1 unspecified atom stereocenters. The molecule has 1 fully saturated rings. The van der Waals surface area contributed by atoms with E-state index >= 15 is 0 Å². The first kappa shape index (κ1) is 15.9. The zero-order valence-corrected chi connectivity index (χ0v) is 12.9. The smallest absolute Gasteiger partial charge is 0.251 e. The maximum atomic E-state index is 12.1. The van der Waals surface area contributed by atoms with E-state index in [-0.39, 0.29) is 18.2 Å². The predicted molar refractivity (Wildman–Crippen MR) is 84.2 cm³/mol. The Kier molecular flexibility index (Phi) is 5.72. The summed E-state index contributed by atoms with van der Waals surface area (Å²) in [7, 11) is 0. The molecule has 1 amide bonds. The van der Waals surface area contributed by atoms with Crippen molar-refractivity contribution in [3.8, 4) is 0 Å². The van der Waals surface area contributed by atoms with Crippen molar-refractivity contribution in [2.45, 2.75) is 6.92 Å². The molecule has 1 aromatic rings. The molecule has 6 nitrogen and oxygen atoms in total. The van der Waals surface area contributed by atoms with Gasteiger partial charge in [-0.15, -0.1) is 0 Å². The second-order valence-corrected chi connectivity index (χ2v) is 6.13. The van der Waals surface area contributed by atoms with Gasteiger partial charge in [0.1, 0.15) is 0 Å². The van der Waals surface area contributed by atoms with Gasteiger partial charge in [0, 0.05) is 44.0 Å². The molecular formula is C14H21N3O3S. The van der Waals surface area contributed by atoms with Crippen molar-refractivity contribution in [1.29, 1.82) is 0 Å². The number of carbonyl (C=O) groups is 1. The fraction of sp³-hybridized carbons (Fsp3) is 0.500. The standard InChI is InChI=1S/C14H21N3O3S/c1-11-8-12(14(18)16-4-7-21(19)20)10-13(9-11)17-5-2-15-3-6-17/h8-10,15H,2-7H2,1H3,(H,16,18)(H,19,20). The summed E-state index contributed by atoms with van der Waals surface area (Å²) >= 11 is -1.88. The van der Waals surface area contributed by atoms with Crippen LogP contribution in [-0.2, 0) is 11.1 Å². The zero-order chi connectivity index (χ0) is 15.2. The van der Waals surface area contributed by atoms with E-state index in [0.29, 0.717) is 5.56 Å². The molecule has 0 spiro atoms. The lowest BCUT2D eigenvalue weighted by molar-refractivity contribution is 0.0956. The largest absolute Gasteiger partial charge is 0.369 e. The molecule has 0 bridgehead atoms. The Hall–Kier alpha value is -1.44. The molecule has 1 aliphatic heterocycles. The minimum Gasteiger partial charge on any atom is -0.369 e. The topological polar surface area (TPSA) is 81.7 Å². The van der Waals surface area contributed by atoms with E-state index in [1.807, 2.05) is 19.1 Å². The van der Waals surface area contributed by atoms with Gasteiger partial charge < -0.3 is 20.1 Å². The summed E-state index contributed by atoms with van der Waals surface area (Å²) < 4.78 is 19.3. The van der Waals surface area contributed by atoms with E-state index < -0.39 is 11.1 Å². The third-order valence-corrected chi connectivity index (χ3v) is 3.92. The monoisotopic (exact) mass is 311 g/mol. The summed E-state index contributed by atoms with van der Waals surface area (Å²) in [5.74, 6) is -0.164. The van der Waals surface area contributed by atoms with Crippen LogP contribution in [0.5, 0.6) is 0 Å². The van der Waals surface area contributed by atoms with Crippen LogP contribution in [0.1, 0.15) is 15.9 Å². The van der Waals surface area contributed by atoms with Crippen LogP contribution in [0.2, 0.25) is 0 Å². The second-order valence-electron chi connectivity index (χ2n) is 5.08. The van der Waals surface area contributed by atoms with Gasteiger partial charge in [0.2, 0.25) is 0 Å². The molecule has 1 aromatic carbocycles. The van der Waals surface area contributed by atoms with Crippen LogP contribution in [0.4, 0.5) is 5.69 Å². The number of hydrogen-bond donors (Lipinski definition) is 3. The van der Waals surface area contributed by atoms with Gasteiger partial charge >= 0.3 is 0 Å². The van der Waals surface area contributed by atoms with E-state index in [4.69, 9.17) is 4.55 Å². The molecule has 1 saturated heterocycles. The maximum absolute atomic E-state index is 12.1. The van der Waals surface area contributed by atoms with Crippen LogP contribution in [0.3, 0.4) is 0 Å². The van der Waals surface area contributed by atoms with Gasteiger partial charge in [-0.25, -0.2) is 4.21 Å². The first-order valence-corrected chi connectivity index (χ1v) is 8.27. The number of carbonyl (C=O) groups excluding carboxylic acids is 1. The Labute approximate surface area is 127 Å². The SMILES string of the molecule is Cc1cc(C(=O)NCCS(=O)O)cc(N2CCNCC2)c1. The molecule has 3 N–H and O–H groups in total. The van der Waals surface area contributed by atoms with Gasteiger partial charge in [0.25, 0.3) is 5.91 Å². The van der Waals surface area contributed by atoms with Crippen molar-refractivity contribution in [2.75, 3.05) is 43.4 Å². The summed E-state index contributed by atoms with van der Waals surface area (Å²) in [6.07, 6.45) is 0. The van der Waals surface area contributed by atoms with Gasteiger partial charge in [-0.1, -0.05) is 0 Å². The van der Waals surface area contributed by atoms with E-state index in [1.165, 1.54) is 0 Å². The van der Waals surface area contributed by atoms with Crippen LogP contribution >= 0.6 is 0 Å². The van der Waals surface area contributed by atoms with Gasteiger partial charge in [-0.05, 0) is 30.7 Å². The van der Waals surface area contributed by atoms with E-state index in [2.05, 4.69) is 21.6 Å². The van der Waals surface area contributed by atoms with Crippen molar-refractivity contribution < 1.29 is 13.6 Å². The molecule has 1 atom stereocenters. The highest BCUT2D eigenvalue weighted by Crippen LogP contribution is 2.19. The van der Waals surface area contributed by atoms with Gasteiger partial charge in [0.15, 0.2) is 11.1 Å². The average Bonchev–Trinajstić information content (AvgIpc) is 2.47. The number of piperazine rings is 1. The number of hydrogen-bond acceptors (Lipinski definition) is 4. The molecule has 21 heavy (non-hydrogen) atoms. The van der Waals surface area contributed by atoms with Crippen molar-refractivity contribution in [3.05, 3.63) is 29.3 Å². The molecule has 1 heterocycles. The lowest BCUT2D eigenvalue weighted by Crippen LogP contribution is -2.43. The lowest BCUT2D eigenvalue weighted by Gasteiger charge is -2.30. The summed E-state index contributed by atoms with van der Waals surface area (Å²) in [5.41, 5.74) is 2.67. The molecule has 0 aliphatic carbocycles. The van der Waals surface area contributed by atoms with Crippen molar-refractivity contribution >= 4 is 22.7 Å². The Morgan fingerprint density at radius 2 is 2.10 bits per heavy atom. The number of rotatable bonds is 5. The predicted octanol–water partition coefficient (Wildman–Crippen LogP) is 0.356. The molecule has 2 rings (SSSR count). The normalized spacial score (nSPS) is 16.6. The Balaban J connectivity index is 2.06. The van der Waals surface area contributed by atoms with Gasteiger partial charge in [-0.2, -0.15) is 0 Å². The number of anilines is 1. The summed E-state index contributed by atoms with van der Waals surface area (Å²) in [6, 6.07) is 5.78. The van der Waals surface area contributed by atoms with Gasteiger partial charge in [0.05, 0.1) is 5.75 Å². The van der Waals surface area contributed by atoms with Gasteiger partial charge in [-0.3, -0.25) is 4.79 Å². The quantitative estimate of drug-likeness (QED) is 0.684. The number of aryl methyl sites for hydroxylation is 1. The van der Waals surface area contributed by atoms with Crippen LogP contribution in [0.25, 0.3) is 0 Å². The summed E-state index contributed by atoms with van der Waals surface area (Å²) in [6.45, 7) is 5.89. The first-order chi connectivity index (χ1) is 10.1. The van der Waals surface area contributed by atoms with E-state index in [9.17, 15) is 9.00 Å². The third kappa shape index (κ3) is 4.80. The second kappa shape index (κ2) is 7.53. The number of nitrogens with zero attached hydrogens (tertiary/aromatic N) is 1. The first-order valence-electron chi connectivity index (χ1n) is 6.99. The number of nitrogens with one attached hydrogen (secondary N) is 2. The number of benzene rings is 1. The molecule has 0 radical (unpaired) electrons. The Morgan fingerprint density at radius 1 is 1.38 bits per heavy atom. The minimum atomic E-state index is -1.88. The highest BCUT2D eigenvalue weighted by atomic mass is 32.2. The molecular weight excluding hydrogens is 290 g/mol. The van der Waals surface area contributed by atoms with Crippen LogP contribution < -0.4 is 15.5 Å². The molecule has 7 heteroatoms. The molecule has 116 valence electrons. The summed E-state index contributed by atoms with van der Waals surface area (Å²) in [4.78, 5) is 14.3. The Bertz CT molecular complexity index is 530. The molecule has 1 aliphatic rings. The van der Waals surface area contributed by atoms with Crippen molar-refractivity contribution in [3.63, 3.8) is 0 Å². The summed E-state index contributed by atoms with van der Waals surface area (Å²) in [5, 5.41) is 5.97. The van der Waals surface area contributed by atoms with Crippen molar-refractivity contribution in [1.82, 2.24) is 10.6 Å². The number of amides is 1. The lowest BCUT2D eigenvalue weighted by atomic mass is 10.1. The molecule has 0 aromatic heterocycles. The fourth-order valence-electron chi connectivity index (χ4n) is 2.35. The van der Waals surface area contributed by atoms with Crippen LogP contribution in [0.15, 0.2) is 18.2 Å². The van der Waals surface area contributed by atoms with E-state index in [1.54, 1.807) is 0 Å². The maximum Gasteiger partial charge on any atom is 0.251 e.